The summed E-state index contributed by atoms with van der Waals surface area (Å²) in [7, 11) is -1.98. The molecule has 1 rings (SSSR count). The molecule has 0 aliphatic carbocycles. The molecule has 0 heterocycles. The van der Waals surface area contributed by atoms with Crippen molar-refractivity contribution in [3.63, 3.8) is 0 Å². The fraction of sp³-hybridized carbons (Fsp3) is 0.462. The lowest BCUT2D eigenvalue weighted by atomic mass is 10.2. The SMILES string of the molecule is CCNC(=NCc1ccc(S(=O)(=O)NC)cc1)NCC.I. The molecule has 0 saturated heterocycles. The molecule has 0 saturated carbocycles. The number of aliphatic imine (C=N–C) groups is 1. The Morgan fingerprint density at radius 3 is 2.05 bits per heavy atom. The van der Waals surface area contributed by atoms with E-state index in [0.717, 1.165) is 24.6 Å². The average molecular weight is 426 g/mol. The van der Waals surface area contributed by atoms with Gasteiger partial charge >= 0.3 is 0 Å². The molecule has 1 aromatic carbocycles. The van der Waals surface area contributed by atoms with Gasteiger partial charge in [-0.1, -0.05) is 12.1 Å². The zero-order chi connectivity index (χ0) is 15.0. The van der Waals surface area contributed by atoms with Gasteiger partial charge in [0, 0.05) is 13.1 Å². The van der Waals surface area contributed by atoms with E-state index in [-0.39, 0.29) is 28.9 Å². The first-order valence-electron chi connectivity index (χ1n) is 6.58. The largest absolute Gasteiger partial charge is 0.357 e. The van der Waals surface area contributed by atoms with Crippen LogP contribution in [0.25, 0.3) is 0 Å². The van der Waals surface area contributed by atoms with E-state index in [0.29, 0.717) is 6.54 Å². The standard InChI is InChI=1S/C13H22N4O2S.HI/c1-4-15-13(16-5-2)17-10-11-6-8-12(9-7-11)20(18,19)14-3;/h6-9,14H,4-5,10H2,1-3H3,(H2,15,16,17);1H. The van der Waals surface area contributed by atoms with Crippen LogP contribution in [-0.2, 0) is 16.6 Å². The summed E-state index contributed by atoms with van der Waals surface area (Å²) >= 11 is 0. The van der Waals surface area contributed by atoms with Gasteiger partial charge in [-0.25, -0.2) is 18.1 Å². The normalized spacial score (nSPS) is 10.4. The highest BCUT2D eigenvalue weighted by Crippen LogP contribution is 2.10. The van der Waals surface area contributed by atoms with Crippen molar-refractivity contribution in [2.24, 2.45) is 4.99 Å². The Morgan fingerprint density at radius 1 is 1.10 bits per heavy atom. The van der Waals surface area contributed by atoms with Crippen molar-refractivity contribution in [1.82, 2.24) is 15.4 Å². The third kappa shape index (κ3) is 6.62. The van der Waals surface area contributed by atoms with Gasteiger partial charge in [0.15, 0.2) is 5.96 Å². The minimum Gasteiger partial charge on any atom is -0.357 e. The molecule has 0 aliphatic heterocycles. The Balaban J connectivity index is 0.00000400. The first-order valence-corrected chi connectivity index (χ1v) is 8.06. The van der Waals surface area contributed by atoms with Crippen molar-refractivity contribution < 1.29 is 8.42 Å². The van der Waals surface area contributed by atoms with Gasteiger partial charge in [0.1, 0.15) is 0 Å². The highest BCUT2D eigenvalue weighted by molar-refractivity contribution is 14.0. The van der Waals surface area contributed by atoms with Gasteiger partial charge in [-0.2, -0.15) is 0 Å². The van der Waals surface area contributed by atoms with Crippen LogP contribution in [0.3, 0.4) is 0 Å². The van der Waals surface area contributed by atoms with Gasteiger partial charge in [0.25, 0.3) is 0 Å². The summed E-state index contributed by atoms with van der Waals surface area (Å²) in [6, 6.07) is 6.69. The number of guanidine groups is 1. The summed E-state index contributed by atoms with van der Waals surface area (Å²) in [6.07, 6.45) is 0. The van der Waals surface area contributed by atoms with E-state index < -0.39 is 10.0 Å². The van der Waals surface area contributed by atoms with E-state index in [4.69, 9.17) is 0 Å². The van der Waals surface area contributed by atoms with E-state index in [1.807, 2.05) is 13.8 Å². The van der Waals surface area contributed by atoms with E-state index in [1.165, 1.54) is 7.05 Å². The van der Waals surface area contributed by atoms with Gasteiger partial charge in [-0.05, 0) is 38.6 Å². The van der Waals surface area contributed by atoms with Crippen molar-refractivity contribution in [2.45, 2.75) is 25.3 Å². The molecule has 6 nitrogen and oxygen atoms in total. The molecule has 120 valence electrons. The van der Waals surface area contributed by atoms with Crippen LogP contribution < -0.4 is 15.4 Å². The zero-order valence-corrected chi connectivity index (χ0v) is 15.7. The molecule has 0 bridgehead atoms. The number of nitrogens with zero attached hydrogens (tertiary/aromatic N) is 1. The van der Waals surface area contributed by atoms with E-state index in [2.05, 4.69) is 20.3 Å². The fourth-order valence-corrected chi connectivity index (χ4v) is 2.30. The summed E-state index contributed by atoms with van der Waals surface area (Å²) in [5, 5.41) is 6.26. The highest BCUT2D eigenvalue weighted by Gasteiger charge is 2.10. The summed E-state index contributed by atoms with van der Waals surface area (Å²) in [4.78, 5) is 4.67. The lowest BCUT2D eigenvalue weighted by Gasteiger charge is -2.09. The predicted octanol–water partition coefficient (Wildman–Crippen LogP) is 1.29. The van der Waals surface area contributed by atoms with Gasteiger partial charge in [-0.3, -0.25) is 0 Å². The van der Waals surface area contributed by atoms with Gasteiger partial charge in [0.2, 0.25) is 10.0 Å². The maximum Gasteiger partial charge on any atom is 0.240 e. The number of halogens is 1. The van der Waals surface area contributed by atoms with Crippen molar-refractivity contribution >= 4 is 40.0 Å². The van der Waals surface area contributed by atoms with Gasteiger partial charge in [-0.15, -0.1) is 24.0 Å². The fourth-order valence-electron chi connectivity index (χ4n) is 1.57. The summed E-state index contributed by atoms with van der Waals surface area (Å²) in [5.41, 5.74) is 0.952. The molecule has 0 spiro atoms. The lowest BCUT2D eigenvalue weighted by Crippen LogP contribution is -2.36. The topological polar surface area (TPSA) is 82.6 Å². The maximum atomic E-state index is 11.6. The van der Waals surface area contributed by atoms with Crippen LogP contribution in [0.4, 0.5) is 0 Å². The molecular weight excluding hydrogens is 403 g/mol. The Kier molecular flexibility index (Phi) is 9.54. The highest BCUT2D eigenvalue weighted by atomic mass is 127. The van der Waals surface area contributed by atoms with Gasteiger partial charge < -0.3 is 10.6 Å². The molecule has 0 unspecified atom stereocenters. The minimum atomic E-state index is -3.37. The van der Waals surface area contributed by atoms with Crippen molar-refractivity contribution in [3.8, 4) is 0 Å². The summed E-state index contributed by atoms with van der Waals surface area (Å²) in [6.45, 7) is 6.10. The zero-order valence-electron chi connectivity index (χ0n) is 12.5. The van der Waals surface area contributed by atoms with Crippen LogP contribution in [0, 0.1) is 0 Å². The van der Waals surface area contributed by atoms with Crippen LogP contribution >= 0.6 is 24.0 Å². The van der Waals surface area contributed by atoms with Crippen molar-refractivity contribution in [3.05, 3.63) is 29.8 Å². The molecule has 0 fully saturated rings. The summed E-state index contributed by atoms with van der Waals surface area (Å²) < 4.78 is 25.5. The number of sulfonamides is 1. The molecule has 8 heteroatoms. The number of benzene rings is 1. The molecule has 0 aliphatic rings. The average Bonchev–Trinajstić information content (AvgIpc) is 2.46. The second-order valence-corrected chi connectivity index (χ2v) is 5.96. The number of hydrogen-bond acceptors (Lipinski definition) is 3. The molecule has 3 N–H and O–H groups in total. The molecule has 0 amide bonds. The monoisotopic (exact) mass is 426 g/mol. The maximum absolute atomic E-state index is 11.6. The number of hydrogen-bond donors (Lipinski definition) is 3. The van der Waals surface area contributed by atoms with Crippen molar-refractivity contribution in [1.29, 1.82) is 0 Å². The summed E-state index contributed by atoms with van der Waals surface area (Å²) in [5.74, 6) is 0.752. The van der Waals surface area contributed by atoms with Crippen LogP contribution in [0.2, 0.25) is 0 Å². The minimum absolute atomic E-state index is 0. The first-order chi connectivity index (χ1) is 9.53. The Hall–Kier alpha value is -0.870. The Morgan fingerprint density at radius 2 is 1.62 bits per heavy atom. The molecule has 0 radical (unpaired) electrons. The Labute approximate surface area is 143 Å². The van der Waals surface area contributed by atoms with E-state index in [1.54, 1.807) is 24.3 Å². The molecule has 21 heavy (non-hydrogen) atoms. The van der Waals surface area contributed by atoms with Crippen LogP contribution in [0.15, 0.2) is 34.2 Å². The van der Waals surface area contributed by atoms with Crippen LogP contribution in [0.1, 0.15) is 19.4 Å². The predicted molar refractivity (Wildman–Crippen MR) is 96.6 cm³/mol. The quantitative estimate of drug-likeness (QED) is 0.364. The smallest absolute Gasteiger partial charge is 0.240 e. The van der Waals surface area contributed by atoms with Crippen molar-refractivity contribution in [2.75, 3.05) is 20.1 Å². The third-order valence-corrected chi connectivity index (χ3v) is 4.04. The lowest BCUT2D eigenvalue weighted by molar-refractivity contribution is 0.588. The Bertz CT molecular complexity index is 536. The number of rotatable bonds is 6. The molecule has 1 aromatic rings. The number of nitrogens with one attached hydrogen (secondary N) is 3. The molecule has 0 aromatic heterocycles. The van der Waals surface area contributed by atoms with Crippen LogP contribution in [0.5, 0.6) is 0 Å². The third-order valence-electron chi connectivity index (χ3n) is 2.61. The second-order valence-electron chi connectivity index (χ2n) is 4.08. The molecular formula is C13H23IN4O2S. The first kappa shape index (κ1) is 20.1. The van der Waals surface area contributed by atoms with E-state index in [9.17, 15) is 8.42 Å². The van der Waals surface area contributed by atoms with E-state index >= 15 is 0 Å². The van der Waals surface area contributed by atoms with Crippen LogP contribution in [-0.4, -0.2) is 34.5 Å². The molecule has 0 atom stereocenters. The second kappa shape index (κ2) is 9.96. The van der Waals surface area contributed by atoms with Gasteiger partial charge in [0.05, 0.1) is 11.4 Å².